The van der Waals surface area contributed by atoms with Gasteiger partial charge in [-0.25, -0.2) is 4.39 Å². The number of aryl methyl sites for hydroxylation is 1. The van der Waals surface area contributed by atoms with Crippen LogP contribution in [-0.4, -0.2) is 9.67 Å². The molecule has 1 N–H and O–H groups in total. The highest BCUT2D eigenvalue weighted by Gasteiger charge is 2.11. The molecule has 0 saturated heterocycles. The van der Waals surface area contributed by atoms with Crippen molar-refractivity contribution >= 4 is 10.9 Å². The van der Waals surface area contributed by atoms with Crippen LogP contribution in [0, 0.1) is 5.82 Å². The fourth-order valence-corrected chi connectivity index (χ4v) is 2.46. The number of hydrogen-bond acceptors (Lipinski definition) is 2. The quantitative estimate of drug-likeness (QED) is 0.781. The molecule has 3 rings (SSSR count). The van der Waals surface area contributed by atoms with Crippen LogP contribution >= 0.6 is 0 Å². The van der Waals surface area contributed by atoms with E-state index >= 15 is 0 Å². The highest BCUT2D eigenvalue weighted by atomic mass is 19.1. The Morgan fingerprint density at radius 2 is 1.86 bits per heavy atom. The Balaban J connectivity index is 2.32. The van der Waals surface area contributed by atoms with Crippen LogP contribution in [0.25, 0.3) is 22.0 Å². The number of halogens is 1. The summed E-state index contributed by atoms with van der Waals surface area (Å²) in [4.78, 5) is 11.9. The van der Waals surface area contributed by atoms with Gasteiger partial charge in [-0.1, -0.05) is 12.1 Å². The van der Waals surface area contributed by atoms with E-state index in [9.17, 15) is 14.3 Å². The molecule has 1 aromatic heterocycles. The highest BCUT2D eigenvalue weighted by molar-refractivity contribution is 5.85. The average Bonchev–Trinajstić information content (AvgIpc) is 2.49. The van der Waals surface area contributed by atoms with Gasteiger partial charge in [0.1, 0.15) is 11.6 Å². The zero-order chi connectivity index (χ0) is 15.0. The molecule has 0 aliphatic carbocycles. The van der Waals surface area contributed by atoms with E-state index in [4.69, 9.17) is 0 Å². The van der Waals surface area contributed by atoms with Crippen LogP contribution in [0.15, 0.2) is 53.5 Å². The van der Waals surface area contributed by atoms with Gasteiger partial charge in [0.2, 0.25) is 0 Å². The predicted octanol–water partition coefficient (Wildman–Crippen LogP) is 3.53. The highest BCUT2D eigenvalue weighted by Crippen LogP contribution is 2.28. The molecule has 0 radical (unpaired) electrons. The molecule has 3 nitrogen and oxygen atoms in total. The van der Waals surface area contributed by atoms with Crippen molar-refractivity contribution in [2.75, 3.05) is 0 Å². The molecule has 0 saturated carbocycles. The Labute approximate surface area is 120 Å². The lowest BCUT2D eigenvalue weighted by Crippen LogP contribution is -2.07. The van der Waals surface area contributed by atoms with Crippen LogP contribution in [0.2, 0.25) is 0 Å². The summed E-state index contributed by atoms with van der Waals surface area (Å²) in [6, 6.07) is 10.7. The number of rotatable bonds is 2. The lowest BCUT2D eigenvalue weighted by atomic mass is 10.0. The van der Waals surface area contributed by atoms with E-state index in [1.165, 1.54) is 24.3 Å². The first kappa shape index (κ1) is 13.4. The van der Waals surface area contributed by atoms with Gasteiger partial charge in [-0.05, 0) is 36.8 Å². The van der Waals surface area contributed by atoms with E-state index < -0.39 is 5.82 Å². The largest absolute Gasteiger partial charge is 0.508 e. The van der Waals surface area contributed by atoms with E-state index in [2.05, 4.69) is 0 Å². The molecule has 0 amide bonds. The number of nitrogens with zero attached hydrogens (tertiary/aromatic N) is 1. The van der Waals surface area contributed by atoms with E-state index in [0.717, 1.165) is 0 Å². The first-order chi connectivity index (χ1) is 10.1. The fourth-order valence-electron chi connectivity index (χ4n) is 2.46. The third-order valence-electron chi connectivity index (χ3n) is 3.59. The lowest BCUT2D eigenvalue weighted by Gasteiger charge is -2.11. The van der Waals surface area contributed by atoms with E-state index in [1.54, 1.807) is 24.4 Å². The number of pyridine rings is 1. The van der Waals surface area contributed by atoms with Crippen molar-refractivity contribution in [2.45, 2.75) is 13.5 Å². The standard InChI is InChI=1S/C17H14FNO2/c1-2-19-8-7-17(21)14-9-15(18)13(10-16(14)19)11-3-5-12(20)6-4-11/h3-10,20H,2H2,1H3. The van der Waals surface area contributed by atoms with Gasteiger partial charge in [0.25, 0.3) is 0 Å². The molecule has 0 spiro atoms. The van der Waals surface area contributed by atoms with Crippen molar-refractivity contribution in [3.05, 3.63) is 64.7 Å². The Kier molecular flexibility index (Phi) is 3.22. The molecule has 0 aliphatic heterocycles. The zero-order valence-corrected chi connectivity index (χ0v) is 11.5. The molecule has 21 heavy (non-hydrogen) atoms. The molecule has 0 bridgehead atoms. The second-order valence-corrected chi connectivity index (χ2v) is 4.86. The minimum atomic E-state index is -0.445. The number of fused-ring (bicyclic) bond motifs is 1. The Hall–Kier alpha value is -2.62. The number of benzene rings is 2. The van der Waals surface area contributed by atoms with Crippen LogP contribution in [0.5, 0.6) is 5.75 Å². The number of hydrogen-bond donors (Lipinski definition) is 1. The molecule has 1 heterocycles. The van der Waals surface area contributed by atoms with Crippen LogP contribution in [0.4, 0.5) is 4.39 Å². The smallest absolute Gasteiger partial charge is 0.189 e. The summed E-state index contributed by atoms with van der Waals surface area (Å²) >= 11 is 0. The van der Waals surface area contributed by atoms with Gasteiger partial charge in [-0.15, -0.1) is 0 Å². The Morgan fingerprint density at radius 1 is 1.14 bits per heavy atom. The number of aromatic nitrogens is 1. The molecule has 0 aliphatic rings. The van der Waals surface area contributed by atoms with Gasteiger partial charge in [-0.2, -0.15) is 0 Å². The molecular formula is C17H14FNO2. The molecular weight excluding hydrogens is 269 g/mol. The SMILES string of the molecule is CCn1ccc(=O)c2cc(F)c(-c3ccc(O)cc3)cc21. The Morgan fingerprint density at radius 3 is 2.52 bits per heavy atom. The zero-order valence-electron chi connectivity index (χ0n) is 11.5. The minimum absolute atomic E-state index is 0.130. The summed E-state index contributed by atoms with van der Waals surface area (Å²) in [5.41, 5.74) is 1.58. The summed E-state index contributed by atoms with van der Waals surface area (Å²) in [5.74, 6) is -0.315. The van der Waals surface area contributed by atoms with Gasteiger partial charge in [0.15, 0.2) is 5.43 Å². The summed E-state index contributed by atoms with van der Waals surface area (Å²) in [6.07, 6.45) is 1.71. The normalized spacial score (nSPS) is 11.0. The topological polar surface area (TPSA) is 42.2 Å². The third kappa shape index (κ3) is 2.29. The molecule has 4 heteroatoms. The second kappa shape index (κ2) is 5.05. The summed E-state index contributed by atoms with van der Waals surface area (Å²) < 4.78 is 16.2. The lowest BCUT2D eigenvalue weighted by molar-refractivity contribution is 0.475. The molecule has 2 aromatic carbocycles. The van der Waals surface area contributed by atoms with Crippen molar-refractivity contribution in [1.82, 2.24) is 4.57 Å². The summed E-state index contributed by atoms with van der Waals surface area (Å²) in [6.45, 7) is 2.66. The molecule has 0 atom stereocenters. The van der Waals surface area contributed by atoms with Gasteiger partial charge in [0.05, 0.1) is 5.52 Å². The summed E-state index contributed by atoms with van der Waals surface area (Å²) in [5, 5.41) is 9.70. The van der Waals surface area contributed by atoms with Crippen LogP contribution in [0.1, 0.15) is 6.92 Å². The molecule has 106 valence electrons. The number of phenols is 1. The average molecular weight is 283 g/mol. The molecule has 0 fully saturated rings. The van der Waals surface area contributed by atoms with Crippen molar-refractivity contribution in [3.63, 3.8) is 0 Å². The minimum Gasteiger partial charge on any atom is -0.508 e. The van der Waals surface area contributed by atoms with E-state index in [1.807, 2.05) is 11.5 Å². The molecule has 3 aromatic rings. The van der Waals surface area contributed by atoms with Crippen molar-refractivity contribution < 1.29 is 9.50 Å². The summed E-state index contributed by atoms with van der Waals surface area (Å²) in [7, 11) is 0. The predicted molar refractivity (Wildman–Crippen MR) is 80.9 cm³/mol. The van der Waals surface area contributed by atoms with E-state index in [0.29, 0.717) is 28.6 Å². The second-order valence-electron chi connectivity index (χ2n) is 4.86. The first-order valence-corrected chi connectivity index (χ1v) is 6.72. The van der Waals surface area contributed by atoms with Gasteiger partial charge >= 0.3 is 0 Å². The van der Waals surface area contributed by atoms with Crippen molar-refractivity contribution in [3.8, 4) is 16.9 Å². The maximum Gasteiger partial charge on any atom is 0.189 e. The van der Waals surface area contributed by atoms with Crippen molar-refractivity contribution in [2.24, 2.45) is 0 Å². The Bertz CT molecular complexity index is 866. The number of aromatic hydroxyl groups is 1. The third-order valence-corrected chi connectivity index (χ3v) is 3.59. The van der Waals surface area contributed by atoms with Gasteiger partial charge in [-0.3, -0.25) is 4.79 Å². The first-order valence-electron chi connectivity index (χ1n) is 6.72. The number of phenolic OH excluding ortho intramolecular Hbond substituents is 1. The maximum absolute atomic E-state index is 14.3. The fraction of sp³-hybridized carbons (Fsp3) is 0.118. The van der Waals surface area contributed by atoms with Gasteiger partial charge < -0.3 is 9.67 Å². The maximum atomic E-state index is 14.3. The van der Waals surface area contributed by atoms with Crippen LogP contribution in [-0.2, 0) is 6.54 Å². The van der Waals surface area contributed by atoms with Crippen LogP contribution in [0.3, 0.4) is 0 Å². The van der Waals surface area contributed by atoms with Gasteiger partial charge in [0, 0.05) is 29.8 Å². The van der Waals surface area contributed by atoms with Crippen LogP contribution < -0.4 is 5.43 Å². The monoisotopic (exact) mass is 283 g/mol. The van der Waals surface area contributed by atoms with Crippen molar-refractivity contribution in [1.29, 1.82) is 0 Å². The molecule has 0 unspecified atom stereocenters. The van der Waals surface area contributed by atoms with E-state index in [-0.39, 0.29) is 11.2 Å².